The van der Waals surface area contributed by atoms with Crippen LogP contribution in [-0.4, -0.2) is 8.07 Å². The van der Waals surface area contributed by atoms with Crippen molar-refractivity contribution in [3.63, 3.8) is 0 Å². The van der Waals surface area contributed by atoms with Crippen LogP contribution in [0, 0.1) is 17.5 Å². The smallest absolute Gasteiger partial charge is 0.131 e. The van der Waals surface area contributed by atoms with Crippen LogP contribution >= 0.6 is 0 Å². The molecule has 0 aromatic heterocycles. The normalized spacial score (nSPS) is 13.2. The molecule has 1 heterocycles. The van der Waals surface area contributed by atoms with Crippen molar-refractivity contribution < 1.29 is 13.2 Å². The summed E-state index contributed by atoms with van der Waals surface area (Å²) in [5, 5.41) is 2.75. The molecule has 6 rings (SSSR count). The molecule has 0 atom stereocenters. The summed E-state index contributed by atoms with van der Waals surface area (Å²) in [5.74, 6) is -1.31. The Morgan fingerprint density at radius 2 is 1.19 bits per heavy atom. The van der Waals surface area contributed by atoms with Crippen molar-refractivity contribution >= 4 is 35.5 Å². The Bertz CT molecular complexity index is 1640. The van der Waals surface area contributed by atoms with Crippen molar-refractivity contribution in [1.29, 1.82) is 0 Å². The van der Waals surface area contributed by atoms with Crippen molar-refractivity contribution in [3.8, 4) is 22.3 Å². The van der Waals surface area contributed by atoms with Gasteiger partial charge in [-0.2, -0.15) is 0 Å². The van der Waals surface area contributed by atoms with Gasteiger partial charge in [0, 0.05) is 22.6 Å². The molecule has 5 aromatic rings. The van der Waals surface area contributed by atoms with Gasteiger partial charge in [-0.3, -0.25) is 0 Å². The first-order valence-corrected chi connectivity index (χ1v) is 15.2. The molecule has 1 nitrogen and oxygen atoms in total. The minimum atomic E-state index is -1.92. The fraction of sp³-hybridized carbons (Fsp3) is 0.0625. The zero-order valence-corrected chi connectivity index (χ0v) is 21.5. The van der Waals surface area contributed by atoms with Gasteiger partial charge in [0.25, 0.3) is 0 Å². The molecule has 0 radical (unpaired) electrons. The van der Waals surface area contributed by atoms with E-state index < -0.39 is 19.7 Å². The third kappa shape index (κ3) is 3.96. The molecule has 0 spiro atoms. The van der Waals surface area contributed by atoms with E-state index in [0.717, 1.165) is 29.2 Å². The first-order valence-electron chi connectivity index (χ1n) is 12.2. The quantitative estimate of drug-likeness (QED) is 0.223. The summed E-state index contributed by atoms with van der Waals surface area (Å²) in [6.07, 6.45) is 0. The van der Waals surface area contributed by atoms with Gasteiger partial charge in [0.05, 0.1) is 0 Å². The van der Waals surface area contributed by atoms with Gasteiger partial charge in [-0.1, -0.05) is 55.6 Å². The Morgan fingerprint density at radius 3 is 2.00 bits per heavy atom. The summed E-state index contributed by atoms with van der Waals surface area (Å²) >= 11 is 0. The second-order valence-electron chi connectivity index (χ2n) is 9.89. The van der Waals surface area contributed by atoms with E-state index in [9.17, 15) is 13.2 Å². The molecule has 0 saturated carbocycles. The predicted octanol–water partition coefficient (Wildman–Crippen LogP) is 8.04. The van der Waals surface area contributed by atoms with Gasteiger partial charge in [0.15, 0.2) is 0 Å². The molecule has 1 aliphatic rings. The highest BCUT2D eigenvalue weighted by molar-refractivity contribution is 7.03. The third-order valence-electron chi connectivity index (χ3n) is 7.25. The van der Waals surface area contributed by atoms with Crippen molar-refractivity contribution in [2.75, 3.05) is 4.90 Å². The molecule has 0 saturated heterocycles. The minimum absolute atomic E-state index is 0.193. The minimum Gasteiger partial charge on any atom is -0.310 e. The number of benzene rings is 5. The van der Waals surface area contributed by atoms with E-state index in [1.54, 1.807) is 18.2 Å². The lowest BCUT2D eigenvalue weighted by atomic mass is 10.0. The second-order valence-corrected chi connectivity index (χ2v) is 14.2. The Balaban J connectivity index is 1.53. The van der Waals surface area contributed by atoms with Crippen LogP contribution < -0.4 is 15.3 Å². The van der Waals surface area contributed by atoms with Crippen molar-refractivity contribution in [3.05, 3.63) is 127 Å². The molecule has 1 aliphatic heterocycles. The van der Waals surface area contributed by atoms with E-state index in [0.29, 0.717) is 5.56 Å². The van der Waals surface area contributed by atoms with Gasteiger partial charge in [-0.05, 0) is 93.8 Å². The number of anilines is 3. The summed E-state index contributed by atoms with van der Waals surface area (Å²) in [4.78, 5) is 2.04. The second kappa shape index (κ2) is 8.78. The van der Waals surface area contributed by atoms with Crippen LogP contribution in [0.15, 0.2) is 109 Å². The molecule has 0 aliphatic carbocycles. The Kier molecular flexibility index (Phi) is 5.53. The highest BCUT2D eigenvalue weighted by Gasteiger charge is 2.37. The topological polar surface area (TPSA) is 3.24 Å². The zero-order valence-electron chi connectivity index (χ0n) is 20.5. The number of hydrogen-bond donors (Lipinski definition) is 0. The number of halogens is 3. The van der Waals surface area contributed by atoms with Gasteiger partial charge >= 0.3 is 0 Å². The van der Waals surface area contributed by atoms with Crippen LogP contribution in [0.1, 0.15) is 0 Å². The number of fused-ring (bicyclic) bond motifs is 3. The molecule has 5 aromatic carbocycles. The van der Waals surface area contributed by atoms with Gasteiger partial charge < -0.3 is 4.90 Å². The standard InChI is InChI=1S/C32H24F3NSi/c1-37(2)31-9-4-3-8-27(31)28-16-15-26(20-32(28)37)36(24-13-10-22(33)11-14-24)25-7-5-6-21(18-25)29-19-23(34)12-17-30(29)35/h3-20H,1-2H3. The van der Waals surface area contributed by atoms with E-state index >= 15 is 0 Å². The number of rotatable bonds is 4. The fourth-order valence-electron chi connectivity index (χ4n) is 5.40. The van der Waals surface area contributed by atoms with Crippen molar-refractivity contribution in [2.24, 2.45) is 0 Å². The molecule has 37 heavy (non-hydrogen) atoms. The van der Waals surface area contributed by atoms with Crippen LogP contribution in [0.4, 0.5) is 30.2 Å². The molecule has 0 bridgehead atoms. The summed E-state index contributed by atoms with van der Waals surface area (Å²) in [7, 11) is -1.92. The average molecular weight is 508 g/mol. The Hall–Kier alpha value is -4.09. The van der Waals surface area contributed by atoms with Crippen LogP contribution in [-0.2, 0) is 0 Å². The zero-order chi connectivity index (χ0) is 25.7. The SMILES string of the molecule is C[Si]1(C)c2ccccc2-c2ccc(N(c3ccc(F)cc3)c3cccc(-c4cc(F)ccc4F)c3)cc21. The molecule has 0 unspecified atom stereocenters. The maximum atomic E-state index is 14.6. The number of nitrogens with zero attached hydrogens (tertiary/aromatic N) is 1. The van der Waals surface area contributed by atoms with Gasteiger partial charge in [-0.25, -0.2) is 13.2 Å². The van der Waals surface area contributed by atoms with E-state index in [1.165, 1.54) is 39.7 Å². The molecular weight excluding hydrogens is 483 g/mol. The molecular formula is C32H24F3NSi. The lowest BCUT2D eigenvalue weighted by molar-refractivity contribution is 0.603. The summed E-state index contributed by atoms with van der Waals surface area (Å²) in [6.45, 7) is 4.72. The van der Waals surface area contributed by atoms with E-state index in [1.807, 2.05) is 23.1 Å². The van der Waals surface area contributed by atoms with E-state index in [-0.39, 0.29) is 11.4 Å². The van der Waals surface area contributed by atoms with Crippen LogP contribution in [0.2, 0.25) is 13.1 Å². The molecule has 0 amide bonds. The monoisotopic (exact) mass is 507 g/mol. The largest absolute Gasteiger partial charge is 0.310 e. The number of hydrogen-bond acceptors (Lipinski definition) is 1. The molecule has 0 fully saturated rings. The first-order chi connectivity index (χ1) is 17.8. The summed E-state index contributed by atoms with van der Waals surface area (Å²) < 4.78 is 42.5. The van der Waals surface area contributed by atoms with Gasteiger partial charge in [0.1, 0.15) is 25.5 Å². The first kappa shape index (κ1) is 23.3. The highest BCUT2D eigenvalue weighted by Crippen LogP contribution is 2.39. The summed E-state index contributed by atoms with van der Waals surface area (Å²) in [6, 6.07) is 32.2. The van der Waals surface area contributed by atoms with Gasteiger partial charge in [-0.15, -0.1) is 0 Å². The van der Waals surface area contributed by atoms with Gasteiger partial charge in [0.2, 0.25) is 0 Å². The molecule has 5 heteroatoms. The lowest BCUT2D eigenvalue weighted by Crippen LogP contribution is -2.49. The van der Waals surface area contributed by atoms with Crippen molar-refractivity contribution in [2.45, 2.75) is 13.1 Å². The Morgan fingerprint density at radius 1 is 0.514 bits per heavy atom. The van der Waals surface area contributed by atoms with E-state index in [2.05, 4.69) is 55.6 Å². The van der Waals surface area contributed by atoms with Crippen LogP contribution in [0.5, 0.6) is 0 Å². The van der Waals surface area contributed by atoms with Crippen molar-refractivity contribution in [1.82, 2.24) is 0 Å². The van der Waals surface area contributed by atoms with E-state index in [4.69, 9.17) is 0 Å². The molecule has 182 valence electrons. The average Bonchev–Trinajstić information content (AvgIpc) is 3.13. The Labute approximate surface area is 215 Å². The summed E-state index contributed by atoms with van der Waals surface area (Å²) in [5.41, 5.74) is 5.76. The molecule has 0 N–H and O–H groups in total. The maximum Gasteiger partial charge on any atom is 0.131 e. The lowest BCUT2D eigenvalue weighted by Gasteiger charge is -2.28. The third-order valence-corrected chi connectivity index (χ3v) is 10.8. The van der Waals surface area contributed by atoms with Crippen LogP contribution in [0.3, 0.4) is 0 Å². The highest BCUT2D eigenvalue weighted by atomic mass is 28.3. The maximum absolute atomic E-state index is 14.6. The van der Waals surface area contributed by atoms with Crippen LogP contribution in [0.25, 0.3) is 22.3 Å². The predicted molar refractivity (Wildman–Crippen MR) is 149 cm³/mol. The fourth-order valence-corrected chi connectivity index (χ4v) is 8.49.